The third kappa shape index (κ3) is 2.03. The van der Waals surface area contributed by atoms with Gasteiger partial charge >= 0.3 is 5.88 Å². The van der Waals surface area contributed by atoms with Gasteiger partial charge in [0.25, 0.3) is 5.69 Å². The highest BCUT2D eigenvalue weighted by Crippen LogP contribution is 2.09. The SMILES string of the molecule is CC[n+]1noc(NC(C)=O)c1CO. The summed E-state index contributed by atoms with van der Waals surface area (Å²) in [6.45, 7) is 3.59. The van der Waals surface area contributed by atoms with Gasteiger partial charge in [-0.3, -0.25) is 14.6 Å². The van der Waals surface area contributed by atoms with E-state index in [1.54, 1.807) is 0 Å². The van der Waals surface area contributed by atoms with Crippen molar-refractivity contribution < 1.29 is 19.1 Å². The summed E-state index contributed by atoms with van der Waals surface area (Å²) in [5.41, 5.74) is 0.470. The fourth-order valence-electron chi connectivity index (χ4n) is 0.966. The first-order chi connectivity index (χ1) is 6.19. The van der Waals surface area contributed by atoms with Crippen molar-refractivity contribution in [2.75, 3.05) is 5.32 Å². The first kappa shape index (κ1) is 9.66. The number of carbonyl (C=O) groups excluding carboxylic acids is 1. The number of hydrogen-bond donors (Lipinski definition) is 2. The molecule has 0 aliphatic carbocycles. The Balaban J connectivity index is 2.93. The third-order valence-electron chi connectivity index (χ3n) is 1.54. The number of rotatable bonds is 3. The molecule has 6 nitrogen and oxygen atoms in total. The highest BCUT2D eigenvalue weighted by atomic mass is 16.5. The molecule has 0 aromatic carbocycles. The number of aryl methyl sites for hydroxylation is 1. The summed E-state index contributed by atoms with van der Waals surface area (Å²) in [5.74, 6) is -0.0500. The van der Waals surface area contributed by atoms with Gasteiger partial charge in [-0.15, -0.1) is 0 Å². The predicted octanol–water partition coefficient (Wildman–Crippen LogP) is -0.567. The standard InChI is InChI=1S/C7H11N3O3/c1-3-10-6(4-11)7(13-9-10)8-5(2)12/h11H,3-4H2,1-2H3/p+1. The lowest BCUT2D eigenvalue weighted by atomic mass is 10.4. The van der Waals surface area contributed by atoms with Crippen LogP contribution in [0.2, 0.25) is 0 Å². The molecule has 0 fully saturated rings. The fourth-order valence-corrected chi connectivity index (χ4v) is 0.966. The van der Waals surface area contributed by atoms with Crippen molar-refractivity contribution in [3.05, 3.63) is 5.69 Å². The first-order valence-electron chi connectivity index (χ1n) is 3.96. The Morgan fingerprint density at radius 2 is 2.46 bits per heavy atom. The van der Waals surface area contributed by atoms with Gasteiger partial charge in [0.15, 0.2) is 6.54 Å². The van der Waals surface area contributed by atoms with Crippen LogP contribution >= 0.6 is 0 Å². The summed E-state index contributed by atoms with van der Waals surface area (Å²) >= 11 is 0. The normalized spacial score (nSPS) is 10.1. The number of aromatic nitrogens is 2. The summed E-state index contributed by atoms with van der Waals surface area (Å²) in [4.78, 5) is 10.7. The maximum Gasteiger partial charge on any atom is 0.308 e. The van der Waals surface area contributed by atoms with Gasteiger partial charge in [-0.1, -0.05) is 0 Å². The van der Waals surface area contributed by atoms with Gasteiger partial charge in [0.05, 0.1) is 0 Å². The van der Waals surface area contributed by atoms with E-state index in [-0.39, 0.29) is 18.4 Å². The molecule has 1 aromatic rings. The Morgan fingerprint density at radius 3 is 2.92 bits per heavy atom. The minimum atomic E-state index is -0.255. The van der Waals surface area contributed by atoms with E-state index in [4.69, 9.17) is 9.63 Å². The second-order valence-corrected chi connectivity index (χ2v) is 2.50. The smallest absolute Gasteiger partial charge is 0.308 e. The van der Waals surface area contributed by atoms with Crippen LogP contribution < -0.4 is 10.00 Å². The number of aliphatic hydroxyl groups is 1. The third-order valence-corrected chi connectivity index (χ3v) is 1.54. The summed E-state index contributed by atoms with van der Waals surface area (Å²) < 4.78 is 6.29. The lowest BCUT2D eigenvalue weighted by molar-refractivity contribution is -0.766. The Hall–Kier alpha value is -1.43. The van der Waals surface area contributed by atoms with Crippen molar-refractivity contribution in [1.29, 1.82) is 0 Å². The molecule has 0 aliphatic heterocycles. The van der Waals surface area contributed by atoms with Gasteiger partial charge in [0, 0.05) is 6.92 Å². The largest absolute Gasteiger partial charge is 0.385 e. The maximum atomic E-state index is 10.7. The molecule has 13 heavy (non-hydrogen) atoms. The zero-order chi connectivity index (χ0) is 9.84. The van der Waals surface area contributed by atoms with Gasteiger partial charge in [0.2, 0.25) is 11.2 Å². The van der Waals surface area contributed by atoms with Gasteiger partial charge < -0.3 is 5.11 Å². The highest BCUT2D eigenvalue weighted by Gasteiger charge is 2.22. The van der Waals surface area contributed by atoms with E-state index in [9.17, 15) is 4.79 Å². The van der Waals surface area contributed by atoms with E-state index in [1.165, 1.54) is 11.6 Å². The van der Waals surface area contributed by atoms with Crippen LogP contribution in [0.15, 0.2) is 4.52 Å². The highest BCUT2D eigenvalue weighted by molar-refractivity contribution is 5.87. The van der Waals surface area contributed by atoms with Gasteiger partial charge in [-0.25, -0.2) is 0 Å². The number of aliphatic hydroxyl groups excluding tert-OH is 1. The molecule has 0 radical (unpaired) electrons. The lowest BCUT2D eigenvalue weighted by Gasteiger charge is -1.92. The molecule has 0 bridgehead atoms. The molecule has 0 saturated heterocycles. The Bertz CT molecular complexity index is 308. The molecule has 2 N–H and O–H groups in total. The molecule has 0 aliphatic rings. The predicted molar refractivity (Wildman–Crippen MR) is 42.6 cm³/mol. The van der Waals surface area contributed by atoms with E-state index in [1.807, 2.05) is 6.92 Å². The fraction of sp³-hybridized carbons (Fsp3) is 0.571. The summed E-state index contributed by atoms with van der Waals surface area (Å²) in [6, 6.07) is 0. The number of amides is 1. The maximum absolute atomic E-state index is 10.7. The van der Waals surface area contributed by atoms with Crippen LogP contribution in [0, 0.1) is 0 Å². The van der Waals surface area contributed by atoms with Crippen LogP contribution in [0.5, 0.6) is 0 Å². The van der Waals surface area contributed by atoms with Crippen molar-refractivity contribution >= 4 is 11.8 Å². The quantitative estimate of drug-likeness (QED) is 0.620. The lowest BCUT2D eigenvalue weighted by Crippen LogP contribution is -2.38. The molecule has 0 atom stereocenters. The van der Waals surface area contributed by atoms with E-state index in [0.29, 0.717) is 12.2 Å². The molecule has 6 heteroatoms. The monoisotopic (exact) mass is 186 g/mol. The van der Waals surface area contributed by atoms with Crippen LogP contribution in [-0.2, 0) is 17.9 Å². The van der Waals surface area contributed by atoms with Crippen molar-refractivity contribution in [3.8, 4) is 0 Å². The average Bonchev–Trinajstić information content (AvgIpc) is 2.45. The van der Waals surface area contributed by atoms with Crippen molar-refractivity contribution in [2.24, 2.45) is 0 Å². The zero-order valence-electron chi connectivity index (χ0n) is 7.57. The molecular weight excluding hydrogens is 174 g/mol. The van der Waals surface area contributed by atoms with E-state index >= 15 is 0 Å². The summed E-state index contributed by atoms with van der Waals surface area (Å²) in [6.07, 6.45) is 0. The van der Waals surface area contributed by atoms with Crippen LogP contribution in [0.25, 0.3) is 0 Å². The number of nitrogens with zero attached hydrogens (tertiary/aromatic N) is 2. The van der Waals surface area contributed by atoms with Crippen LogP contribution in [0.3, 0.4) is 0 Å². The molecule has 1 amide bonds. The Kier molecular flexibility index (Phi) is 2.97. The molecule has 1 aromatic heterocycles. The summed E-state index contributed by atoms with van der Waals surface area (Å²) in [7, 11) is 0. The second kappa shape index (κ2) is 3.99. The zero-order valence-corrected chi connectivity index (χ0v) is 7.57. The minimum absolute atomic E-state index is 0.205. The van der Waals surface area contributed by atoms with E-state index in [0.717, 1.165) is 0 Å². The van der Waals surface area contributed by atoms with E-state index in [2.05, 4.69) is 10.6 Å². The van der Waals surface area contributed by atoms with Gasteiger partial charge in [0.1, 0.15) is 6.61 Å². The molecule has 0 spiro atoms. The van der Waals surface area contributed by atoms with Gasteiger partial charge in [-0.05, 0) is 11.6 Å². The minimum Gasteiger partial charge on any atom is -0.385 e. The molecular formula is C7H12N3O3+. The number of carbonyl (C=O) groups is 1. The van der Waals surface area contributed by atoms with Crippen LogP contribution in [-0.4, -0.2) is 16.3 Å². The summed E-state index contributed by atoms with van der Waals surface area (Å²) in [5, 5.41) is 15.0. The molecule has 0 saturated carbocycles. The van der Waals surface area contributed by atoms with Crippen LogP contribution in [0.1, 0.15) is 19.5 Å². The van der Waals surface area contributed by atoms with Crippen LogP contribution in [0.4, 0.5) is 5.88 Å². The molecule has 0 unspecified atom stereocenters. The molecule has 72 valence electrons. The number of nitrogens with one attached hydrogen (secondary N) is 1. The Labute approximate surface area is 75.1 Å². The average molecular weight is 186 g/mol. The first-order valence-corrected chi connectivity index (χ1v) is 3.96. The number of anilines is 1. The van der Waals surface area contributed by atoms with Crippen molar-refractivity contribution in [1.82, 2.24) is 5.27 Å². The van der Waals surface area contributed by atoms with E-state index < -0.39 is 0 Å². The van der Waals surface area contributed by atoms with Gasteiger partial charge in [-0.2, -0.15) is 0 Å². The topological polar surface area (TPSA) is 79.2 Å². The van der Waals surface area contributed by atoms with Crippen molar-refractivity contribution in [2.45, 2.75) is 27.0 Å². The van der Waals surface area contributed by atoms with Crippen molar-refractivity contribution in [3.63, 3.8) is 0 Å². The molecule has 1 rings (SSSR count). The second-order valence-electron chi connectivity index (χ2n) is 2.50. The molecule has 1 heterocycles. The Morgan fingerprint density at radius 1 is 1.77 bits per heavy atom. The number of hydrogen-bond acceptors (Lipinski definition) is 4.